The van der Waals surface area contributed by atoms with Crippen LogP contribution in [-0.4, -0.2) is 58.3 Å². The number of hydrogen-bond donors (Lipinski definition) is 0. The van der Waals surface area contributed by atoms with Crippen LogP contribution < -0.4 is 0 Å². The maximum absolute atomic E-state index is 15.0. The predicted octanol–water partition coefficient (Wildman–Crippen LogP) is 5.94. The first-order valence-corrected chi connectivity index (χ1v) is 16.5. The van der Waals surface area contributed by atoms with Crippen LogP contribution in [0.25, 0.3) is 0 Å². The molecule has 0 spiro atoms. The van der Waals surface area contributed by atoms with Crippen LogP contribution in [0.2, 0.25) is 0 Å². The van der Waals surface area contributed by atoms with E-state index in [0.29, 0.717) is 12.1 Å². The van der Waals surface area contributed by atoms with Crippen LogP contribution in [0.5, 0.6) is 0 Å². The van der Waals surface area contributed by atoms with Gasteiger partial charge < -0.3 is 4.90 Å². The number of halogens is 9. The van der Waals surface area contributed by atoms with E-state index in [2.05, 4.69) is 0 Å². The van der Waals surface area contributed by atoms with Gasteiger partial charge in [0.05, 0.1) is 15.8 Å². The van der Waals surface area contributed by atoms with Gasteiger partial charge in [-0.3, -0.25) is 4.79 Å². The Morgan fingerprint density at radius 2 is 1.30 bits per heavy atom. The van der Waals surface area contributed by atoms with Gasteiger partial charge in [0.25, 0.3) is 0 Å². The van der Waals surface area contributed by atoms with Crippen LogP contribution in [0, 0.1) is 11.6 Å². The monoisotopic (exact) mass is 699 g/mol. The molecule has 1 saturated heterocycles. The molecule has 0 saturated carbocycles. The Balaban J connectivity index is 1.64. The van der Waals surface area contributed by atoms with E-state index in [4.69, 9.17) is 0 Å². The molecular formula is C29H22F9NO5S2. The summed E-state index contributed by atoms with van der Waals surface area (Å²) in [5, 5.41) is 0. The van der Waals surface area contributed by atoms with E-state index in [9.17, 15) is 61.1 Å². The quantitative estimate of drug-likeness (QED) is 0.235. The molecule has 248 valence electrons. The number of benzene rings is 3. The lowest BCUT2D eigenvalue weighted by molar-refractivity contribution is -0.348. The molecule has 6 nitrogen and oxygen atoms in total. The molecule has 0 N–H and O–H groups in total. The van der Waals surface area contributed by atoms with Gasteiger partial charge in [0, 0.05) is 12.1 Å². The fraction of sp³-hybridized carbons (Fsp3) is 0.345. The zero-order valence-electron chi connectivity index (χ0n) is 23.2. The molecule has 1 fully saturated rings. The fourth-order valence-corrected chi connectivity index (χ4v) is 9.90. The smallest absolute Gasteiger partial charge is 0.337 e. The SMILES string of the molecule is O=C(CS(=O)(=O)c1ccc(F)cc1)N1CC[C@@]2(S(=O)(=O)c3ccc(F)cc3)c3ccc(C(F)(C(F)(F)F)C(F)(F)F)cc3CC[C@@H]12. The molecule has 0 radical (unpaired) electrons. The topological polar surface area (TPSA) is 88.6 Å². The molecule has 5 rings (SSSR count). The Morgan fingerprint density at radius 3 is 1.83 bits per heavy atom. The largest absolute Gasteiger partial charge is 0.435 e. The molecule has 17 heteroatoms. The molecule has 2 aliphatic rings. The summed E-state index contributed by atoms with van der Waals surface area (Å²) in [5.74, 6) is -3.81. The summed E-state index contributed by atoms with van der Waals surface area (Å²) in [4.78, 5) is 13.5. The number of amides is 1. The van der Waals surface area contributed by atoms with Gasteiger partial charge in [-0.25, -0.2) is 30.0 Å². The molecule has 1 amide bonds. The Morgan fingerprint density at radius 1 is 0.783 bits per heavy atom. The normalized spacial score (nSPS) is 20.7. The summed E-state index contributed by atoms with van der Waals surface area (Å²) < 4.78 is 176. The highest BCUT2D eigenvalue weighted by atomic mass is 32.2. The second-order valence-electron chi connectivity index (χ2n) is 11.0. The van der Waals surface area contributed by atoms with Crippen molar-refractivity contribution in [2.45, 2.75) is 57.9 Å². The number of fused-ring (bicyclic) bond motifs is 3. The van der Waals surface area contributed by atoms with E-state index in [1.165, 1.54) is 0 Å². The maximum Gasteiger partial charge on any atom is 0.435 e. The Hall–Kier alpha value is -3.60. The molecule has 1 aliphatic heterocycles. The zero-order valence-corrected chi connectivity index (χ0v) is 24.8. The van der Waals surface area contributed by atoms with Crippen molar-refractivity contribution in [2.24, 2.45) is 0 Å². The van der Waals surface area contributed by atoms with Gasteiger partial charge in [-0.15, -0.1) is 0 Å². The molecule has 1 aliphatic carbocycles. The molecule has 46 heavy (non-hydrogen) atoms. The standard InChI is InChI=1S/C29H22F9NO5S2/c30-19-3-7-21(8-4-19)45(41,42)16-25(40)39-14-13-26(46(43,44)22-9-5-20(31)6-10-22)23-11-2-18(15-17(23)1-12-24(26)39)27(32,28(33,34)35)29(36,37)38/h2-11,15,24H,1,12-14,16H2/t24-,26-/m1/s1. The summed E-state index contributed by atoms with van der Waals surface area (Å²) in [6.07, 6.45) is -14.1. The van der Waals surface area contributed by atoms with Crippen molar-refractivity contribution in [3.05, 3.63) is 95.1 Å². The molecule has 3 aromatic rings. The van der Waals surface area contributed by atoms with E-state index >= 15 is 0 Å². The highest BCUT2D eigenvalue weighted by Gasteiger charge is 2.74. The Labute approximate surface area is 256 Å². The lowest BCUT2D eigenvalue weighted by atomic mass is 9.77. The summed E-state index contributed by atoms with van der Waals surface area (Å²) in [6, 6.07) is 6.71. The van der Waals surface area contributed by atoms with Gasteiger partial charge in [-0.1, -0.05) is 18.2 Å². The minimum atomic E-state index is -6.43. The molecule has 0 bridgehead atoms. The average molecular weight is 700 g/mol. The van der Waals surface area contributed by atoms with Crippen molar-refractivity contribution in [3.8, 4) is 0 Å². The van der Waals surface area contributed by atoms with Gasteiger partial charge >= 0.3 is 18.0 Å². The van der Waals surface area contributed by atoms with Crippen molar-refractivity contribution in [2.75, 3.05) is 12.3 Å². The van der Waals surface area contributed by atoms with Crippen molar-refractivity contribution in [1.29, 1.82) is 0 Å². The van der Waals surface area contributed by atoms with Crippen molar-refractivity contribution < 1.29 is 61.1 Å². The molecule has 2 atom stereocenters. The van der Waals surface area contributed by atoms with Gasteiger partial charge in [0.2, 0.25) is 5.91 Å². The summed E-state index contributed by atoms with van der Waals surface area (Å²) in [6.45, 7) is -0.401. The van der Waals surface area contributed by atoms with E-state index in [1.54, 1.807) is 0 Å². The van der Waals surface area contributed by atoms with E-state index < -0.39 is 107 Å². The fourth-order valence-electron chi connectivity index (χ4n) is 6.32. The summed E-state index contributed by atoms with van der Waals surface area (Å²) in [5.41, 5.74) is -8.28. The minimum absolute atomic E-state index is 0.188. The third kappa shape index (κ3) is 5.15. The number of aryl methyl sites for hydroxylation is 1. The van der Waals surface area contributed by atoms with Crippen LogP contribution in [0.3, 0.4) is 0 Å². The third-order valence-electron chi connectivity index (χ3n) is 8.48. The second kappa shape index (κ2) is 11.0. The molecule has 3 aromatic carbocycles. The lowest BCUT2D eigenvalue weighted by Crippen LogP contribution is -2.53. The Bertz CT molecular complexity index is 1880. The third-order valence-corrected chi connectivity index (χ3v) is 12.6. The van der Waals surface area contributed by atoms with E-state index in [0.717, 1.165) is 53.4 Å². The van der Waals surface area contributed by atoms with Crippen molar-refractivity contribution >= 4 is 25.6 Å². The van der Waals surface area contributed by atoms with Crippen LogP contribution in [-0.2, 0) is 41.3 Å². The molecule has 0 unspecified atom stereocenters. The van der Waals surface area contributed by atoms with Crippen LogP contribution in [0.15, 0.2) is 76.5 Å². The van der Waals surface area contributed by atoms with Gasteiger partial charge in [-0.05, 0) is 78.9 Å². The number of likely N-dealkylation sites (tertiary alicyclic amines) is 1. The van der Waals surface area contributed by atoms with Crippen LogP contribution in [0.4, 0.5) is 39.5 Å². The second-order valence-corrected chi connectivity index (χ2v) is 15.2. The first kappa shape index (κ1) is 33.8. The average Bonchev–Trinajstić information content (AvgIpc) is 3.37. The number of sulfone groups is 2. The summed E-state index contributed by atoms with van der Waals surface area (Å²) in [7, 11) is -9.13. The number of carbonyl (C=O) groups excluding carboxylic acids is 1. The number of nitrogens with zero attached hydrogens (tertiary/aromatic N) is 1. The highest BCUT2D eigenvalue weighted by Crippen LogP contribution is 2.56. The number of carbonyl (C=O) groups is 1. The van der Waals surface area contributed by atoms with Crippen LogP contribution in [0.1, 0.15) is 29.5 Å². The molecular weight excluding hydrogens is 677 g/mol. The van der Waals surface area contributed by atoms with Crippen molar-refractivity contribution in [3.63, 3.8) is 0 Å². The van der Waals surface area contributed by atoms with E-state index in [-0.39, 0.29) is 23.6 Å². The first-order valence-electron chi connectivity index (χ1n) is 13.4. The van der Waals surface area contributed by atoms with Gasteiger partial charge in [0.1, 0.15) is 22.1 Å². The molecule has 0 aromatic heterocycles. The van der Waals surface area contributed by atoms with Crippen molar-refractivity contribution in [1.82, 2.24) is 4.90 Å². The minimum Gasteiger partial charge on any atom is -0.337 e. The number of rotatable bonds is 6. The lowest BCUT2D eigenvalue weighted by Gasteiger charge is -2.43. The van der Waals surface area contributed by atoms with E-state index in [1.807, 2.05) is 0 Å². The zero-order chi connectivity index (χ0) is 34.1. The van der Waals surface area contributed by atoms with Gasteiger partial charge in [0.15, 0.2) is 19.7 Å². The summed E-state index contributed by atoms with van der Waals surface area (Å²) >= 11 is 0. The highest BCUT2D eigenvalue weighted by molar-refractivity contribution is 7.92. The predicted molar refractivity (Wildman–Crippen MR) is 143 cm³/mol. The Kier molecular flexibility index (Phi) is 8.07. The number of hydrogen-bond acceptors (Lipinski definition) is 5. The molecule has 1 heterocycles. The maximum atomic E-state index is 15.0. The van der Waals surface area contributed by atoms with Crippen LogP contribution >= 0.6 is 0 Å². The van der Waals surface area contributed by atoms with Gasteiger partial charge in [-0.2, -0.15) is 26.3 Å². The first-order chi connectivity index (χ1) is 21.2. The number of alkyl halides is 7.